The number of nitrogens with one attached hydrogen (secondary N) is 1. The Labute approximate surface area is 223 Å². The maximum atomic E-state index is 14.7. The highest BCUT2D eigenvalue weighted by Crippen LogP contribution is 2.61. The molecule has 39 heavy (non-hydrogen) atoms. The number of nitro groups is 1. The van der Waals surface area contributed by atoms with Gasteiger partial charge in [-0.3, -0.25) is 24.6 Å². The Morgan fingerprint density at radius 3 is 2.64 bits per heavy atom. The number of benzene rings is 3. The number of Topliss-reactive ketones (excluding diaryl/α,β-unsaturated/α-hetero) is 1. The summed E-state index contributed by atoms with van der Waals surface area (Å²) < 4.78 is 25.5. The van der Waals surface area contributed by atoms with Crippen molar-refractivity contribution in [2.24, 2.45) is 5.92 Å². The lowest BCUT2D eigenvalue weighted by molar-refractivity contribution is -0.384. The third kappa shape index (κ3) is 3.55. The Kier molecular flexibility index (Phi) is 5.87. The summed E-state index contributed by atoms with van der Waals surface area (Å²) >= 11 is 0. The molecule has 0 aliphatic carbocycles. The minimum absolute atomic E-state index is 0.0994. The van der Waals surface area contributed by atoms with Crippen LogP contribution in [0.5, 0.6) is 11.5 Å². The van der Waals surface area contributed by atoms with Crippen molar-refractivity contribution in [2.75, 3.05) is 26.1 Å². The fourth-order valence-electron chi connectivity index (χ4n) is 6.92. The lowest BCUT2D eigenvalue weighted by atomic mass is 9.68. The van der Waals surface area contributed by atoms with Gasteiger partial charge in [0.25, 0.3) is 5.69 Å². The van der Waals surface area contributed by atoms with E-state index in [2.05, 4.69) is 5.32 Å². The van der Waals surface area contributed by atoms with Crippen molar-refractivity contribution >= 4 is 23.1 Å². The lowest BCUT2D eigenvalue weighted by Gasteiger charge is -2.37. The van der Waals surface area contributed by atoms with Gasteiger partial charge in [-0.15, -0.1) is 0 Å². The number of amides is 1. The maximum Gasteiger partial charge on any atom is 0.269 e. The Balaban J connectivity index is 1.61. The molecule has 0 saturated carbocycles. The van der Waals surface area contributed by atoms with Gasteiger partial charge in [-0.05, 0) is 61.3 Å². The number of carbonyl (C=O) groups excluding carboxylic acids is 2. The van der Waals surface area contributed by atoms with E-state index in [4.69, 9.17) is 9.47 Å². The molecule has 2 saturated heterocycles. The summed E-state index contributed by atoms with van der Waals surface area (Å²) in [6, 6.07) is 14.9. The number of non-ortho nitro benzene ring substituents is 1. The van der Waals surface area contributed by atoms with E-state index < -0.39 is 34.0 Å². The number of fused-ring (bicyclic) bond motifs is 4. The predicted octanol–water partition coefficient (Wildman–Crippen LogP) is 4.66. The highest BCUT2D eigenvalue weighted by molar-refractivity contribution is 6.12. The molecule has 4 atom stereocenters. The van der Waals surface area contributed by atoms with Crippen LogP contribution < -0.4 is 14.8 Å². The summed E-state index contributed by atoms with van der Waals surface area (Å²) in [6.07, 6.45) is 1.45. The molecule has 3 unspecified atom stereocenters. The van der Waals surface area contributed by atoms with Crippen LogP contribution >= 0.6 is 0 Å². The van der Waals surface area contributed by atoms with Crippen molar-refractivity contribution in [1.82, 2.24) is 4.90 Å². The Morgan fingerprint density at radius 1 is 1.10 bits per heavy atom. The number of halogens is 1. The molecule has 1 spiro atoms. The van der Waals surface area contributed by atoms with Gasteiger partial charge in [0.15, 0.2) is 17.3 Å². The third-order valence-corrected chi connectivity index (χ3v) is 8.38. The fourth-order valence-corrected chi connectivity index (χ4v) is 6.92. The van der Waals surface area contributed by atoms with Gasteiger partial charge >= 0.3 is 0 Å². The zero-order valence-corrected chi connectivity index (χ0v) is 21.3. The first-order valence-electron chi connectivity index (χ1n) is 12.7. The van der Waals surface area contributed by atoms with Crippen molar-refractivity contribution in [3.63, 3.8) is 0 Å². The first-order valence-corrected chi connectivity index (χ1v) is 12.7. The van der Waals surface area contributed by atoms with Crippen LogP contribution in [-0.2, 0) is 10.3 Å². The molecule has 2 fully saturated rings. The third-order valence-electron chi connectivity index (χ3n) is 8.38. The van der Waals surface area contributed by atoms with Gasteiger partial charge in [-0.2, -0.15) is 0 Å². The SMILES string of the molecule is COc1ccc(C(=O)C2C(c3cccc([N+](=O)[O-])c3)C3CCCN3[C@@]23C(=O)Nc2ccc(F)cc23)cc1OC. The van der Waals surface area contributed by atoms with Crippen LogP contribution in [0.25, 0.3) is 0 Å². The Hall–Kier alpha value is -4.31. The Morgan fingerprint density at radius 2 is 1.90 bits per heavy atom. The molecule has 0 aromatic heterocycles. The van der Waals surface area contributed by atoms with Crippen LogP contribution in [0.4, 0.5) is 15.8 Å². The van der Waals surface area contributed by atoms with E-state index in [0.29, 0.717) is 46.8 Å². The van der Waals surface area contributed by atoms with Gasteiger partial charge in [0.1, 0.15) is 11.4 Å². The molecule has 3 aliphatic heterocycles. The van der Waals surface area contributed by atoms with Crippen molar-refractivity contribution in [2.45, 2.75) is 30.3 Å². The number of ketones is 1. The molecular formula is C29H26FN3O6. The van der Waals surface area contributed by atoms with E-state index in [1.54, 1.807) is 30.3 Å². The number of nitrogens with zero attached hydrogens (tertiary/aromatic N) is 2. The number of rotatable bonds is 6. The number of hydrogen-bond acceptors (Lipinski definition) is 7. The summed E-state index contributed by atoms with van der Waals surface area (Å²) in [6.45, 7) is 0.523. The summed E-state index contributed by atoms with van der Waals surface area (Å²) in [5, 5.41) is 14.6. The van der Waals surface area contributed by atoms with Gasteiger partial charge < -0.3 is 14.8 Å². The van der Waals surface area contributed by atoms with E-state index in [1.165, 1.54) is 44.6 Å². The number of nitro benzene ring substituents is 1. The lowest BCUT2D eigenvalue weighted by Crippen LogP contribution is -2.52. The molecule has 200 valence electrons. The summed E-state index contributed by atoms with van der Waals surface area (Å²) in [7, 11) is 2.96. The second-order valence-corrected chi connectivity index (χ2v) is 10.1. The van der Waals surface area contributed by atoms with Gasteiger partial charge in [0.2, 0.25) is 5.91 Å². The van der Waals surface area contributed by atoms with Crippen molar-refractivity contribution in [3.8, 4) is 11.5 Å². The summed E-state index contributed by atoms with van der Waals surface area (Å²) in [5.74, 6) is -2.02. The Bertz CT molecular complexity index is 1530. The monoisotopic (exact) mass is 531 g/mol. The number of hydrogen-bond donors (Lipinski definition) is 1. The van der Waals surface area contributed by atoms with Crippen LogP contribution in [0.2, 0.25) is 0 Å². The fraction of sp³-hybridized carbons (Fsp3) is 0.310. The quantitative estimate of drug-likeness (QED) is 0.280. The van der Waals surface area contributed by atoms with Crippen molar-refractivity contribution in [1.29, 1.82) is 0 Å². The van der Waals surface area contributed by atoms with E-state index in [1.807, 2.05) is 4.90 Å². The zero-order valence-electron chi connectivity index (χ0n) is 21.3. The number of anilines is 1. The number of ether oxygens (including phenoxy) is 2. The largest absolute Gasteiger partial charge is 0.493 e. The van der Waals surface area contributed by atoms with Gasteiger partial charge in [0, 0.05) is 40.9 Å². The average Bonchev–Trinajstić information content (AvgIpc) is 3.61. The molecule has 9 nitrogen and oxygen atoms in total. The van der Waals surface area contributed by atoms with E-state index in [9.17, 15) is 24.1 Å². The summed E-state index contributed by atoms with van der Waals surface area (Å²) in [4.78, 5) is 41.9. The smallest absolute Gasteiger partial charge is 0.269 e. The molecule has 3 heterocycles. The molecule has 3 aliphatic rings. The zero-order chi connectivity index (χ0) is 27.5. The first kappa shape index (κ1) is 25.0. The normalized spacial score (nSPS) is 25.3. The molecular weight excluding hydrogens is 505 g/mol. The standard InChI is InChI=1S/C29H26FN3O6/c1-38-23-11-8-17(14-24(23)39-2)27(34)26-25(16-5-3-6-19(13-16)33(36)37)22-7-4-12-32(22)29(26)20-15-18(30)9-10-21(20)31-28(29)35/h3,5-6,8-11,13-15,22,25-26H,4,7,12H2,1-2H3,(H,31,35)/t22?,25?,26?,29-/m1/s1. The van der Waals surface area contributed by atoms with E-state index in [0.717, 1.165) is 6.42 Å². The van der Waals surface area contributed by atoms with Crippen LogP contribution in [0.15, 0.2) is 60.7 Å². The molecule has 3 aromatic carbocycles. The van der Waals surface area contributed by atoms with Crippen LogP contribution in [0.1, 0.15) is 40.2 Å². The molecule has 1 amide bonds. The topological polar surface area (TPSA) is 111 Å². The van der Waals surface area contributed by atoms with E-state index >= 15 is 0 Å². The molecule has 0 radical (unpaired) electrons. The van der Waals surface area contributed by atoms with Crippen molar-refractivity contribution < 1.29 is 28.4 Å². The minimum atomic E-state index is -1.49. The summed E-state index contributed by atoms with van der Waals surface area (Å²) in [5.41, 5.74) is 0.166. The van der Waals surface area contributed by atoms with Crippen LogP contribution in [0.3, 0.4) is 0 Å². The molecule has 1 N–H and O–H groups in total. The number of methoxy groups -OCH3 is 2. The second-order valence-electron chi connectivity index (χ2n) is 10.1. The second kappa shape index (κ2) is 9.16. The van der Waals surface area contributed by atoms with E-state index in [-0.39, 0.29) is 17.5 Å². The van der Waals surface area contributed by atoms with Gasteiger partial charge in [-0.25, -0.2) is 4.39 Å². The molecule has 6 rings (SSSR count). The maximum absolute atomic E-state index is 14.7. The minimum Gasteiger partial charge on any atom is -0.493 e. The van der Waals surface area contributed by atoms with Gasteiger partial charge in [-0.1, -0.05) is 12.1 Å². The van der Waals surface area contributed by atoms with Crippen molar-refractivity contribution in [3.05, 3.63) is 93.3 Å². The van der Waals surface area contributed by atoms with Gasteiger partial charge in [0.05, 0.1) is 25.1 Å². The predicted molar refractivity (Wildman–Crippen MR) is 140 cm³/mol. The highest BCUT2D eigenvalue weighted by atomic mass is 19.1. The molecule has 0 bridgehead atoms. The van der Waals surface area contributed by atoms with Crippen LogP contribution in [0, 0.1) is 21.8 Å². The first-order chi connectivity index (χ1) is 18.8. The molecule has 10 heteroatoms. The highest BCUT2D eigenvalue weighted by Gasteiger charge is 2.69. The number of carbonyl (C=O) groups is 2. The average molecular weight is 532 g/mol. The van der Waals surface area contributed by atoms with Crippen LogP contribution in [-0.4, -0.2) is 48.3 Å². The molecule has 3 aromatic rings.